The van der Waals surface area contributed by atoms with Gasteiger partial charge in [-0.1, -0.05) is 19.1 Å². The van der Waals surface area contributed by atoms with E-state index in [9.17, 15) is 15.0 Å². The Bertz CT molecular complexity index is 897. The summed E-state index contributed by atoms with van der Waals surface area (Å²) in [4.78, 5) is 12.5. The second-order valence-electron chi connectivity index (χ2n) is 6.98. The van der Waals surface area contributed by atoms with Crippen molar-refractivity contribution in [2.24, 2.45) is 0 Å². The zero-order valence-electron chi connectivity index (χ0n) is 17.0. The fourth-order valence-electron chi connectivity index (χ4n) is 3.54. The van der Waals surface area contributed by atoms with Crippen molar-refractivity contribution >= 4 is 11.9 Å². The molecule has 0 aromatic heterocycles. The van der Waals surface area contributed by atoms with Gasteiger partial charge in [-0.25, -0.2) is 0 Å². The van der Waals surface area contributed by atoms with E-state index in [2.05, 4.69) is 20.1 Å². The molecular formula is C25H28O4. The third kappa shape index (κ3) is 4.96. The number of allylic oxidation sites excluding steroid dienone is 3. The highest BCUT2D eigenvalue weighted by atomic mass is 16.5. The van der Waals surface area contributed by atoms with Crippen LogP contribution < -0.4 is 4.74 Å². The maximum Gasteiger partial charge on any atom is 0.185 e. The zero-order chi connectivity index (χ0) is 21.4. The number of carbonyl (C=O) groups excluding carboxylic acids is 1. The van der Waals surface area contributed by atoms with Crippen LogP contribution in [0.5, 0.6) is 17.2 Å². The molecule has 4 nitrogen and oxygen atoms in total. The monoisotopic (exact) mass is 392 g/mol. The van der Waals surface area contributed by atoms with E-state index < -0.39 is 0 Å². The lowest BCUT2D eigenvalue weighted by Crippen LogP contribution is -2.24. The number of carbonyl (C=O) groups is 1. The lowest BCUT2D eigenvalue weighted by atomic mass is 9.72. The van der Waals surface area contributed by atoms with E-state index in [0.717, 1.165) is 12.0 Å². The van der Waals surface area contributed by atoms with Crippen LogP contribution in [0.1, 0.15) is 47.7 Å². The van der Waals surface area contributed by atoms with Crippen LogP contribution in [0.15, 0.2) is 67.8 Å². The number of hydrogen-bond acceptors (Lipinski definition) is 4. The first-order valence-electron chi connectivity index (χ1n) is 9.55. The third-order valence-electron chi connectivity index (χ3n) is 5.23. The molecule has 2 N–H and O–H groups in total. The molecule has 0 atom stereocenters. The second-order valence-corrected chi connectivity index (χ2v) is 6.98. The van der Waals surface area contributed by atoms with Gasteiger partial charge in [0.25, 0.3) is 0 Å². The average molecular weight is 392 g/mol. The summed E-state index contributed by atoms with van der Waals surface area (Å²) in [6.07, 6.45) is 9.00. The van der Waals surface area contributed by atoms with Crippen LogP contribution in [-0.4, -0.2) is 23.1 Å². The van der Waals surface area contributed by atoms with Gasteiger partial charge >= 0.3 is 0 Å². The minimum Gasteiger partial charge on any atom is -0.508 e. The zero-order valence-corrected chi connectivity index (χ0v) is 17.0. The molecular weight excluding hydrogens is 364 g/mol. The molecule has 0 aliphatic heterocycles. The highest BCUT2D eigenvalue weighted by Gasteiger charge is 2.31. The van der Waals surface area contributed by atoms with E-state index in [1.54, 1.807) is 24.3 Å². The van der Waals surface area contributed by atoms with E-state index in [1.807, 2.05) is 18.2 Å². The highest BCUT2D eigenvalue weighted by molar-refractivity contribution is 6.07. The number of aromatic hydroxyl groups is 2. The highest BCUT2D eigenvalue weighted by Crippen LogP contribution is 2.43. The van der Waals surface area contributed by atoms with E-state index in [0.29, 0.717) is 29.7 Å². The van der Waals surface area contributed by atoms with Crippen LogP contribution in [0.4, 0.5) is 0 Å². The van der Waals surface area contributed by atoms with E-state index >= 15 is 0 Å². The molecule has 0 saturated heterocycles. The molecule has 0 unspecified atom stereocenters. The maximum atomic E-state index is 12.5. The van der Waals surface area contributed by atoms with Crippen molar-refractivity contribution in [1.29, 1.82) is 0 Å². The summed E-state index contributed by atoms with van der Waals surface area (Å²) < 4.78 is 5.41. The third-order valence-corrected chi connectivity index (χ3v) is 5.23. The second kappa shape index (κ2) is 9.78. The minimum absolute atomic E-state index is 0.107. The number of ketones is 1. The first-order valence-corrected chi connectivity index (χ1v) is 9.55. The smallest absolute Gasteiger partial charge is 0.185 e. The average Bonchev–Trinajstić information content (AvgIpc) is 2.72. The Morgan fingerprint density at radius 3 is 2.24 bits per heavy atom. The number of benzene rings is 2. The Hall–Kier alpha value is -3.27. The van der Waals surface area contributed by atoms with Gasteiger partial charge in [-0.3, -0.25) is 4.79 Å². The SMILES string of the molecule is C=CCC(CC)(CC=C)c1cc(C=CC(=O)c2ccc(O)cc2)c(OC)cc1O. The molecule has 4 heteroatoms. The first-order chi connectivity index (χ1) is 13.9. The summed E-state index contributed by atoms with van der Waals surface area (Å²) in [5, 5.41) is 20.1. The molecule has 0 radical (unpaired) electrons. The Kier molecular flexibility index (Phi) is 7.43. The van der Waals surface area contributed by atoms with Crippen molar-refractivity contribution in [2.75, 3.05) is 7.11 Å². The fraction of sp³-hybridized carbons (Fsp3) is 0.240. The predicted molar refractivity (Wildman–Crippen MR) is 118 cm³/mol. The molecule has 0 saturated carbocycles. The molecule has 2 aromatic carbocycles. The lowest BCUT2D eigenvalue weighted by molar-refractivity contribution is 0.104. The summed E-state index contributed by atoms with van der Waals surface area (Å²) in [6.45, 7) is 9.81. The predicted octanol–water partition coefficient (Wildman–Crippen LogP) is 5.80. The van der Waals surface area contributed by atoms with Gasteiger partial charge in [0.15, 0.2) is 5.78 Å². The van der Waals surface area contributed by atoms with E-state index in [4.69, 9.17) is 4.74 Å². The number of rotatable bonds is 10. The normalized spacial score (nSPS) is 11.4. The van der Waals surface area contributed by atoms with Crippen LogP contribution in [-0.2, 0) is 5.41 Å². The summed E-state index contributed by atoms with van der Waals surface area (Å²) in [5.41, 5.74) is 1.61. The first kappa shape index (κ1) is 22.0. The fourth-order valence-corrected chi connectivity index (χ4v) is 3.54. The Morgan fingerprint density at radius 2 is 1.72 bits per heavy atom. The van der Waals surface area contributed by atoms with Gasteiger partial charge in [0.1, 0.15) is 17.2 Å². The number of methoxy groups -OCH3 is 1. The molecule has 0 fully saturated rings. The molecule has 29 heavy (non-hydrogen) atoms. The van der Waals surface area contributed by atoms with Crippen LogP contribution >= 0.6 is 0 Å². The van der Waals surface area contributed by atoms with Gasteiger partial charge in [-0.15, -0.1) is 13.2 Å². The molecule has 0 heterocycles. The number of phenolic OH excluding ortho intramolecular Hbond substituents is 2. The quantitative estimate of drug-likeness (QED) is 0.304. The van der Waals surface area contributed by atoms with Crippen LogP contribution in [0.3, 0.4) is 0 Å². The number of phenols is 2. The minimum atomic E-state index is -0.330. The molecule has 0 aliphatic carbocycles. The lowest BCUT2D eigenvalue weighted by Gasteiger charge is -2.32. The van der Waals surface area contributed by atoms with Crippen molar-refractivity contribution in [2.45, 2.75) is 31.6 Å². The van der Waals surface area contributed by atoms with Gasteiger partial charge < -0.3 is 14.9 Å². The molecule has 0 spiro atoms. The Morgan fingerprint density at radius 1 is 1.10 bits per heavy atom. The van der Waals surface area contributed by atoms with Gasteiger partial charge in [-0.05, 0) is 61.7 Å². The van der Waals surface area contributed by atoms with Crippen LogP contribution in [0.2, 0.25) is 0 Å². The summed E-state index contributed by atoms with van der Waals surface area (Å²) in [7, 11) is 1.52. The van der Waals surface area contributed by atoms with Crippen LogP contribution in [0, 0.1) is 0 Å². The Labute approximate surface area is 172 Å². The van der Waals surface area contributed by atoms with Crippen molar-refractivity contribution in [3.8, 4) is 17.2 Å². The summed E-state index contributed by atoms with van der Waals surface area (Å²) in [6, 6.07) is 9.53. The largest absolute Gasteiger partial charge is 0.508 e. The van der Waals surface area contributed by atoms with Crippen molar-refractivity contribution in [3.63, 3.8) is 0 Å². The van der Waals surface area contributed by atoms with E-state index in [1.165, 1.54) is 25.3 Å². The van der Waals surface area contributed by atoms with Gasteiger partial charge in [0.2, 0.25) is 0 Å². The molecule has 0 bridgehead atoms. The van der Waals surface area contributed by atoms with Crippen molar-refractivity contribution in [3.05, 3.63) is 84.5 Å². The van der Waals surface area contributed by atoms with Gasteiger partial charge in [-0.2, -0.15) is 0 Å². The topological polar surface area (TPSA) is 66.8 Å². The van der Waals surface area contributed by atoms with Gasteiger partial charge in [0, 0.05) is 28.2 Å². The molecule has 0 amide bonds. The maximum absolute atomic E-state index is 12.5. The molecule has 2 rings (SSSR count). The summed E-state index contributed by atoms with van der Waals surface area (Å²) >= 11 is 0. The Balaban J connectivity index is 2.49. The molecule has 0 aliphatic rings. The van der Waals surface area contributed by atoms with Crippen LogP contribution in [0.25, 0.3) is 6.08 Å². The number of hydrogen-bond donors (Lipinski definition) is 2. The molecule has 152 valence electrons. The molecule has 2 aromatic rings. The summed E-state index contributed by atoms with van der Waals surface area (Å²) in [5.74, 6) is 0.536. The number of ether oxygens (including phenoxy) is 1. The standard InChI is InChI=1S/C25H28O4/c1-5-14-25(7-3,15-6-2)21-16-19(24(29-4)17-23(21)28)10-13-22(27)18-8-11-20(26)12-9-18/h5-6,8-13,16-17,26,28H,1-2,7,14-15H2,3-4H3. The van der Waals surface area contributed by atoms with Crippen molar-refractivity contribution in [1.82, 2.24) is 0 Å². The van der Waals surface area contributed by atoms with Gasteiger partial charge in [0.05, 0.1) is 7.11 Å². The van der Waals surface area contributed by atoms with E-state index in [-0.39, 0.29) is 22.7 Å². The van der Waals surface area contributed by atoms with Crippen molar-refractivity contribution < 1.29 is 19.7 Å².